The predicted octanol–water partition coefficient (Wildman–Crippen LogP) is 21.0. The smallest absolute Gasteiger partial charge is 0.306 e. The van der Waals surface area contributed by atoms with Gasteiger partial charge < -0.3 is 33.3 Å². The lowest BCUT2D eigenvalue weighted by molar-refractivity contribution is -0.870. The summed E-state index contributed by atoms with van der Waals surface area (Å²) < 4.78 is 22.7. The third-order valence-electron chi connectivity index (χ3n) is 14.0. The van der Waals surface area contributed by atoms with Gasteiger partial charge in [-0.1, -0.05) is 278 Å². The van der Waals surface area contributed by atoms with E-state index in [1.54, 1.807) is 0 Å². The van der Waals surface area contributed by atoms with E-state index in [-0.39, 0.29) is 32.7 Å². The lowest BCUT2D eigenvalue weighted by atomic mass is 10.0. The Kier molecular flexibility index (Phi) is 65.1. The van der Waals surface area contributed by atoms with Crippen LogP contribution in [0.1, 0.15) is 232 Å². The minimum absolute atomic E-state index is 0.128. The maximum atomic E-state index is 12.9. The van der Waals surface area contributed by atoms with Crippen molar-refractivity contribution in [3.05, 3.63) is 207 Å². The molecule has 0 N–H and O–H groups in total. The number of hydrogen-bond donors (Lipinski definition) is 0. The number of unbranched alkanes of at least 4 members (excludes halogenated alkanes) is 13. The van der Waals surface area contributed by atoms with Crippen LogP contribution in [0.25, 0.3) is 0 Å². The summed E-state index contributed by atoms with van der Waals surface area (Å²) in [6, 6.07) is 0. The van der Waals surface area contributed by atoms with Crippen molar-refractivity contribution in [2.45, 2.75) is 245 Å². The highest BCUT2D eigenvalue weighted by atomic mass is 16.7. The van der Waals surface area contributed by atoms with E-state index in [0.29, 0.717) is 23.9 Å². The van der Waals surface area contributed by atoms with Gasteiger partial charge in [-0.05, 0) is 148 Å². The highest BCUT2D eigenvalue weighted by Crippen LogP contribution is 2.15. The zero-order valence-corrected chi connectivity index (χ0v) is 57.9. The molecule has 0 rings (SSSR count). The molecule has 9 heteroatoms. The highest BCUT2D eigenvalue weighted by Gasteiger charge is 2.22. The molecule has 0 heterocycles. The van der Waals surface area contributed by atoms with E-state index < -0.39 is 30.3 Å². The van der Waals surface area contributed by atoms with Crippen LogP contribution in [0.15, 0.2) is 207 Å². The number of allylic oxidation sites excluding steroid dienone is 34. The van der Waals surface area contributed by atoms with Gasteiger partial charge in [-0.2, -0.15) is 0 Å². The Balaban J connectivity index is 4.25. The standard InChI is InChI=1S/C82H127NO8/c1-6-8-10-12-14-16-18-20-22-24-26-28-30-32-34-35-36-37-38-39-40-41-42-43-44-45-47-49-51-53-55-57-59-61-63-65-67-69-71-73-80(85)91-78(77-90-82(81(86)87)88-75-74-83(3,4)5)76-89-79(84)72-70-68-66-64-62-60-58-56-54-52-50-48-46-33-31-29-27-25-23-21-19-17-15-13-11-9-7-2/h8-11,14-17,20-23,26-29,32-34,36-37,39-40,42-43,45-47,50,52,56,58,62,64,78,82H,6-7,12-13,18-19,24-25,30-31,35,38,41,44,48-49,51,53-55,57,59-61,63,65-77H2,1-5H3/b10-8-,11-9-,16-14-,17-15-,22-20-,23-21-,28-26-,29-27-,34-32-,37-36-,40-39-,43-42-,46-33-,47-45-,52-50-,58-56-,64-62-. The van der Waals surface area contributed by atoms with E-state index in [1.807, 2.05) is 21.1 Å². The number of hydrogen-bond acceptors (Lipinski definition) is 8. The van der Waals surface area contributed by atoms with Crippen molar-refractivity contribution < 1.29 is 42.9 Å². The average molecular weight is 1250 g/mol. The fraction of sp³-hybridized carbons (Fsp3) is 0.549. The first-order valence-electron chi connectivity index (χ1n) is 35.2. The molecule has 0 saturated heterocycles. The number of carboxylic acid groups (broad SMARTS) is 1. The molecule has 0 bridgehead atoms. The van der Waals surface area contributed by atoms with Gasteiger partial charge >= 0.3 is 11.9 Å². The number of carboxylic acids is 1. The van der Waals surface area contributed by atoms with Crippen LogP contribution in [0.5, 0.6) is 0 Å². The molecule has 0 radical (unpaired) electrons. The minimum atomic E-state index is -1.65. The Hall–Kier alpha value is -6.13. The molecule has 0 aliphatic rings. The molecule has 2 unspecified atom stereocenters. The highest BCUT2D eigenvalue weighted by molar-refractivity contribution is 5.70. The molecule has 0 aromatic rings. The molecule has 508 valence electrons. The van der Waals surface area contributed by atoms with Crippen LogP contribution in [0.3, 0.4) is 0 Å². The Morgan fingerprint density at radius 2 is 0.593 bits per heavy atom. The summed E-state index contributed by atoms with van der Waals surface area (Å²) >= 11 is 0. The van der Waals surface area contributed by atoms with Crippen LogP contribution in [-0.2, 0) is 33.3 Å². The number of likely N-dealkylation sites (N-methyl/N-ethyl adjacent to an activating group) is 1. The van der Waals surface area contributed by atoms with Gasteiger partial charge in [0.15, 0.2) is 12.4 Å². The zero-order valence-electron chi connectivity index (χ0n) is 57.9. The number of carbonyl (C=O) groups excluding carboxylic acids is 3. The van der Waals surface area contributed by atoms with Gasteiger partial charge in [0.05, 0.1) is 40.3 Å². The second-order valence-electron chi connectivity index (χ2n) is 23.7. The Bertz CT molecular complexity index is 2250. The van der Waals surface area contributed by atoms with Crippen molar-refractivity contribution in [3.8, 4) is 0 Å². The summed E-state index contributed by atoms with van der Waals surface area (Å²) in [6.45, 7) is 4.44. The summed E-state index contributed by atoms with van der Waals surface area (Å²) in [5, 5.41) is 11.8. The molecule has 0 fully saturated rings. The second-order valence-corrected chi connectivity index (χ2v) is 23.7. The number of aliphatic carboxylic acids is 1. The largest absolute Gasteiger partial charge is 0.545 e. The first-order valence-corrected chi connectivity index (χ1v) is 35.2. The van der Waals surface area contributed by atoms with Gasteiger partial charge in [0.1, 0.15) is 13.2 Å². The molecule has 0 aromatic heterocycles. The SMILES string of the molecule is CC/C=C\C/C=C\C/C=C\C/C=C\C/C=C\C/C=C\C/C=C\C/C=C\C/C=C\CCCCCCCCCCCCCC(=O)OC(COC(=O)CCCC/C=C\C/C=C\C/C=C\C/C=C\C/C=C\C/C=C\C/C=C\C/C=C\CC)COC(OCC[N+](C)(C)C)C(=O)[O-]. The number of quaternary nitrogens is 1. The van der Waals surface area contributed by atoms with E-state index in [0.717, 1.165) is 148 Å². The van der Waals surface area contributed by atoms with Gasteiger partial charge in [-0.25, -0.2) is 0 Å². The van der Waals surface area contributed by atoms with E-state index in [2.05, 4.69) is 220 Å². The van der Waals surface area contributed by atoms with Gasteiger partial charge in [-0.15, -0.1) is 0 Å². The van der Waals surface area contributed by atoms with Crippen molar-refractivity contribution in [2.75, 3.05) is 47.5 Å². The number of carbonyl (C=O) groups is 3. The molecule has 0 saturated carbocycles. The van der Waals surface area contributed by atoms with Gasteiger partial charge in [0, 0.05) is 12.8 Å². The Morgan fingerprint density at radius 1 is 0.330 bits per heavy atom. The molecule has 91 heavy (non-hydrogen) atoms. The van der Waals surface area contributed by atoms with Crippen molar-refractivity contribution in [3.63, 3.8) is 0 Å². The first kappa shape index (κ1) is 84.9. The third kappa shape index (κ3) is 71.2. The lowest BCUT2D eigenvalue weighted by Crippen LogP contribution is -2.44. The minimum Gasteiger partial charge on any atom is -0.545 e. The maximum absolute atomic E-state index is 12.9. The van der Waals surface area contributed by atoms with Gasteiger partial charge in [0.25, 0.3) is 0 Å². The molecule has 0 aliphatic carbocycles. The fourth-order valence-electron chi connectivity index (χ4n) is 8.72. The van der Waals surface area contributed by atoms with Crippen molar-refractivity contribution in [2.24, 2.45) is 0 Å². The summed E-state index contributed by atoms with van der Waals surface area (Å²) in [4.78, 5) is 37.5. The van der Waals surface area contributed by atoms with E-state index in [9.17, 15) is 19.5 Å². The number of nitrogens with zero attached hydrogens (tertiary/aromatic N) is 1. The summed E-state index contributed by atoms with van der Waals surface area (Å²) in [5.41, 5.74) is 0. The Labute approximate surface area is 556 Å². The molecule has 9 nitrogen and oxygen atoms in total. The monoisotopic (exact) mass is 1250 g/mol. The summed E-state index contributed by atoms with van der Waals surface area (Å²) in [5.74, 6) is -2.37. The topological polar surface area (TPSA) is 111 Å². The van der Waals surface area contributed by atoms with E-state index >= 15 is 0 Å². The molecule has 0 aliphatic heterocycles. The van der Waals surface area contributed by atoms with Gasteiger partial charge in [-0.3, -0.25) is 9.59 Å². The van der Waals surface area contributed by atoms with Crippen LogP contribution in [0, 0.1) is 0 Å². The molecule has 0 aromatic carbocycles. The van der Waals surface area contributed by atoms with Crippen LogP contribution < -0.4 is 5.11 Å². The third-order valence-corrected chi connectivity index (χ3v) is 14.0. The Morgan fingerprint density at radius 3 is 0.901 bits per heavy atom. The molecular formula is C82H127NO8. The molecule has 0 amide bonds. The quantitative estimate of drug-likeness (QED) is 0.0195. The number of ether oxygens (including phenoxy) is 4. The average Bonchev–Trinajstić information content (AvgIpc) is 3.46. The predicted molar refractivity (Wildman–Crippen MR) is 388 cm³/mol. The maximum Gasteiger partial charge on any atom is 0.306 e. The van der Waals surface area contributed by atoms with E-state index in [1.165, 1.54) is 44.9 Å². The van der Waals surface area contributed by atoms with Crippen molar-refractivity contribution in [1.82, 2.24) is 0 Å². The summed E-state index contributed by atoms with van der Waals surface area (Å²) in [7, 11) is 5.90. The molecule has 2 atom stereocenters. The lowest BCUT2D eigenvalue weighted by Gasteiger charge is -2.26. The van der Waals surface area contributed by atoms with Crippen LogP contribution in [0.2, 0.25) is 0 Å². The number of rotatable bonds is 62. The van der Waals surface area contributed by atoms with Crippen LogP contribution in [-0.4, -0.2) is 82.3 Å². The molecule has 0 spiro atoms. The summed E-state index contributed by atoms with van der Waals surface area (Å²) in [6.07, 6.45) is 106. The van der Waals surface area contributed by atoms with Crippen molar-refractivity contribution in [1.29, 1.82) is 0 Å². The first-order chi connectivity index (χ1) is 44.6. The number of esters is 2. The zero-order chi connectivity index (χ0) is 66.1. The second kappa shape index (κ2) is 69.8. The van der Waals surface area contributed by atoms with Crippen LogP contribution in [0.4, 0.5) is 0 Å². The fourth-order valence-corrected chi connectivity index (χ4v) is 8.72. The normalized spacial score (nSPS) is 14.0. The van der Waals surface area contributed by atoms with Crippen LogP contribution >= 0.6 is 0 Å². The van der Waals surface area contributed by atoms with Gasteiger partial charge in [0.2, 0.25) is 0 Å². The van der Waals surface area contributed by atoms with E-state index in [4.69, 9.17) is 18.9 Å². The van der Waals surface area contributed by atoms with Crippen molar-refractivity contribution >= 4 is 17.9 Å². The molecular weight excluding hydrogens is 1130 g/mol.